The number of urea groups is 1. The third-order valence-corrected chi connectivity index (χ3v) is 11.3. The summed E-state index contributed by atoms with van der Waals surface area (Å²) in [5.41, 5.74) is 3.79. The van der Waals surface area contributed by atoms with Gasteiger partial charge in [-0.05, 0) is 59.5 Å². The quantitative estimate of drug-likeness (QED) is 0.139. The monoisotopic (exact) mass is 691 g/mol. The van der Waals surface area contributed by atoms with E-state index >= 15 is 0 Å². The van der Waals surface area contributed by atoms with E-state index < -0.39 is 70.7 Å². The molecule has 3 aliphatic carbocycles. The SMILES string of the molecule is C=CC(OC(=O)C1(NC(=O)N[C@H](C(=O)N2C[C@H]3[C@@H]([C@H]2C(=O)NC(CC2CC2)C(=O)C(N)=O)C3(C)C)C(C)(C)C)CCCCC1)c1ccccc1. The van der Waals surface area contributed by atoms with Crippen molar-refractivity contribution in [3.8, 4) is 0 Å². The highest BCUT2D eigenvalue weighted by molar-refractivity contribution is 6.37. The number of piperidine rings is 1. The summed E-state index contributed by atoms with van der Waals surface area (Å²) in [6.07, 6.45) is 6.08. The van der Waals surface area contributed by atoms with Crippen molar-refractivity contribution in [2.24, 2.45) is 34.3 Å². The van der Waals surface area contributed by atoms with Crippen LogP contribution in [0.4, 0.5) is 4.79 Å². The number of fused-ring (bicyclic) bond motifs is 1. The number of rotatable bonds is 13. The van der Waals surface area contributed by atoms with Crippen LogP contribution in [-0.4, -0.2) is 70.6 Å². The number of hydrogen-bond acceptors (Lipinski definition) is 7. The average molecular weight is 692 g/mol. The Morgan fingerprint density at radius 1 is 1.02 bits per heavy atom. The lowest BCUT2D eigenvalue weighted by atomic mass is 9.81. The summed E-state index contributed by atoms with van der Waals surface area (Å²) >= 11 is 0. The molecule has 272 valence electrons. The van der Waals surface area contributed by atoms with Crippen LogP contribution in [0.15, 0.2) is 43.0 Å². The zero-order valence-electron chi connectivity index (χ0n) is 30.0. The van der Waals surface area contributed by atoms with Crippen LogP contribution >= 0.6 is 0 Å². The molecule has 1 aromatic rings. The number of amides is 5. The van der Waals surface area contributed by atoms with Crippen molar-refractivity contribution < 1.29 is 33.5 Å². The maximum absolute atomic E-state index is 14.4. The number of esters is 1. The summed E-state index contributed by atoms with van der Waals surface area (Å²) in [4.78, 5) is 82.0. The minimum absolute atomic E-state index is 0.0491. The lowest BCUT2D eigenvalue weighted by Gasteiger charge is -2.40. The van der Waals surface area contributed by atoms with Gasteiger partial charge in [-0.2, -0.15) is 0 Å². The number of carbonyl (C=O) groups excluding carboxylic acids is 6. The zero-order valence-corrected chi connectivity index (χ0v) is 30.0. The van der Waals surface area contributed by atoms with Crippen molar-refractivity contribution >= 4 is 35.5 Å². The fourth-order valence-electron chi connectivity index (χ4n) is 8.02. The third kappa shape index (κ3) is 7.73. The first-order valence-corrected chi connectivity index (χ1v) is 17.9. The first-order chi connectivity index (χ1) is 23.5. The van der Waals surface area contributed by atoms with Gasteiger partial charge >= 0.3 is 12.0 Å². The van der Waals surface area contributed by atoms with Crippen LogP contribution in [-0.2, 0) is 28.7 Å². The van der Waals surface area contributed by atoms with Gasteiger partial charge in [0, 0.05) is 6.54 Å². The first kappa shape index (κ1) is 37.0. The fourth-order valence-corrected chi connectivity index (χ4v) is 8.02. The third-order valence-electron chi connectivity index (χ3n) is 11.3. The van der Waals surface area contributed by atoms with Gasteiger partial charge in [-0.3, -0.25) is 19.2 Å². The van der Waals surface area contributed by atoms with Crippen LogP contribution in [0.3, 0.4) is 0 Å². The molecule has 1 aliphatic heterocycles. The number of nitrogens with two attached hydrogens (primary N) is 1. The Morgan fingerprint density at radius 2 is 1.66 bits per heavy atom. The number of ether oxygens (including phenoxy) is 1. The molecule has 1 heterocycles. The Bertz CT molecular complexity index is 1510. The molecule has 4 aliphatic rings. The van der Waals surface area contributed by atoms with E-state index in [0.717, 1.165) is 24.8 Å². The molecule has 0 bridgehead atoms. The van der Waals surface area contributed by atoms with E-state index in [2.05, 4.69) is 22.5 Å². The van der Waals surface area contributed by atoms with E-state index in [1.807, 2.05) is 65.0 Å². The first-order valence-electron chi connectivity index (χ1n) is 17.9. The summed E-state index contributed by atoms with van der Waals surface area (Å²) < 4.78 is 5.93. The van der Waals surface area contributed by atoms with Gasteiger partial charge in [-0.1, -0.05) is 104 Å². The number of Topliss-reactive ketones (excluding diaryl/α,β-unsaturated/α-hetero) is 1. The second-order valence-electron chi connectivity index (χ2n) is 16.4. The molecule has 0 spiro atoms. The van der Waals surface area contributed by atoms with Gasteiger partial charge in [0.05, 0.1) is 6.04 Å². The van der Waals surface area contributed by atoms with E-state index in [0.29, 0.717) is 38.6 Å². The summed E-state index contributed by atoms with van der Waals surface area (Å²) in [7, 11) is 0. The molecule has 3 saturated carbocycles. The van der Waals surface area contributed by atoms with E-state index in [1.165, 1.54) is 4.90 Å². The van der Waals surface area contributed by atoms with Gasteiger partial charge in [0.1, 0.15) is 23.7 Å². The van der Waals surface area contributed by atoms with Crippen LogP contribution in [0, 0.1) is 28.6 Å². The molecule has 12 heteroatoms. The Morgan fingerprint density at radius 3 is 2.22 bits per heavy atom. The number of hydrogen-bond donors (Lipinski definition) is 4. The van der Waals surface area contributed by atoms with E-state index in [-0.39, 0.29) is 23.2 Å². The summed E-state index contributed by atoms with van der Waals surface area (Å²) in [5, 5.41) is 8.54. The highest BCUT2D eigenvalue weighted by atomic mass is 16.5. The van der Waals surface area contributed by atoms with Gasteiger partial charge in [0.2, 0.25) is 17.6 Å². The molecule has 5 amide bonds. The molecule has 2 unspecified atom stereocenters. The smallest absolute Gasteiger partial charge is 0.332 e. The van der Waals surface area contributed by atoms with Gasteiger partial charge in [0.15, 0.2) is 0 Å². The van der Waals surface area contributed by atoms with E-state index in [9.17, 15) is 28.8 Å². The maximum atomic E-state index is 14.4. The largest absolute Gasteiger partial charge is 0.451 e. The molecule has 1 saturated heterocycles. The number of ketones is 1. The number of likely N-dealkylation sites (tertiary alicyclic amines) is 1. The zero-order chi connectivity index (χ0) is 36.6. The fraction of sp³-hybridized carbons (Fsp3) is 0.632. The maximum Gasteiger partial charge on any atom is 0.332 e. The normalized spacial score (nSPS) is 25.1. The van der Waals surface area contributed by atoms with Crippen molar-refractivity contribution in [2.45, 2.75) is 116 Å². The Kier molecular flexibility index (Phi) is 10.5. The van der Waals surface area contributed by atoms with Gasteiger partial charge in [0.25, 0.3) is 5.91 Å². The lowest BCUT2D eigenvalue weighted by Crippen LogP contribution is -2.64. The predicted molar refractivity (Wildman–Crippen MR) is 186 cm³/mol. The molecule has 12 nitrogen and oxygen atoms in total. The molecule has 0 aromatic heterocycles. The molecule has 4 fully saturated rings. The Balaban J connectivity index is 1.33. The average Bonchev–Trinajstić information content (AvgIpc) is 3.92. The Labute approximate surface area is 294 Å². The Hall–Kier alpha value is -4.22. The van der Waals surface area contributed by atoms with Crippen LogP contribution in [0.25, 0.3) is 0 Å². The van der Waals surface area contributed by atoms with Crippen molar-refractivity contribution in [1.82, 2.24) is 20.9 Å². The highest BCUT2D eigenvalue weighted by Gasteiger charge is 2.70. The van der Waals surface area contributed by atoms with Crippen molar-refractivity contribution in [3.05, 3.63) is 48.6 Å². The van der Waals surface area contributed by atoms with Crippen LogP contribution < -0.4 is 21.7 Å². The summed E-state index contributed by atoms with van der Waals surface area (Å²) in [5.74, 6) is -3.35. The van der Waals surface area contributed by atoms with Crippen LogP contribution in [0.2, 0.25) is 0 Å². The van der Waals surface area contributed by atoms with Crippen LogP contribution in [0.1, 0.15) is 97.7 Å². The van der Waals surface area contributed by atoms with E-state index in [4.69, 9.17) is 10.5 Å². The molecular formula is C38H53N5O7. The minimum atomic E-state index is -1.30. The highest BCUT2D eigenvalue weighted by Crippen LogP contribution is 2.65. The lowest BCUT2D eigenvalue weighted by molar-refractivity contribution is -0.156. The molecule has 6 atom stereocenters. The van der Waals surface area contributed by atoms with Crippen molar-refractivity contribution in [3.63, 3.8) is 0 Å². The molecule has 50 heavy (non-hydrogen) atoms. The minimum Gasteiger partial charge on any atom is -0.451 e. The number of primary amides is 1. The van der Waals surface area contributed by atoms with Crippen molar-refractivity contribution in [2.75, 3.05) is 6.54 Å². The van der Waals surface area contributed by atoms with Gasteiger partial charge in [-0.25, -0.2) is 9.59 Å². The summed E-state index contributed by atoms with van der Waals surface area (Å²) in [6, 6.07) is 5.54. The number of nitrogens with one attached hydrogen (secondary N) is 3. The topological polar surface area (TPSA) is 177 Å². The molecule has 1 aromatic carbocycles. The predicted octanol–water partition coefficient (Wildman–Crippen LogP) is 3.70. The van der Waals surface area contributed by atoms with E-state index in [1.54, 1.807) is 6.08 Å². The number of benzene rings is 1. The van der Waals surface area contributed by atoms with Crippen molar-refractivity contribution in [1.29, 1.82) is 0 Å². The second-order valence-corrected chi connectivity index (χ2v) is 16.4. The van der Waals surface area contributed by atoms with Crippen LogP contribution in [0.5, 0.6) is 0 Å². The molecule has 5 N–H and O–H groups in total. The second kappa shape index (κ2) is 14.2. The molecule has 5 rings (SSSR count). The van der Waals surface area contributed by atoms with Gasteiger partial charge < -0.3 is 31.3 Å². The van der Waals surface area contributed by atoms with Gasteiger partial charge in [-0.15, -0.1) is 0 Å². The number of nitrogens with zero attached hydrogens (tertiary/aromatic N) is 1. The summed E-state index contributed by atoms with van der Waals surface area (Å²) in [6.45, 7) is 13.7. The molecular weight excluding hydrogens is 638 g/mol. The number of carbonyl (C=O) groups is 6. The molecule has 0 radical (unpaired) electrons. The standard InChI is InChI=1S/C38H53N5O7/c1-7-26(23-14-10-8-11-15-23)50-34(48)38(18-12-9-13-19-38)42-35(49)41-30(36(2,3)4)33(47)43-21-24-27(37(24,5)6)28(43)32(46)40-25(20-22-16-17-22)29(44)31(39)45/h7-8,10-11,14-15,22,24-28,30H,1,9,12-13,16-21H2,2-6H3,(H2,39,45)(H,40,46)(H2,41,42,49)/t24-,25?,26?,27-,28-,30+/m0/s1.